The molecule has 4 rings (SSSR count). The molecular formula is C19H24N6O4S2. The molecule has 1 fully saturated rings. The van der Waals surface area contributed by atoms with E-state index in [4.69, 9.17) is 4.52 Å². The monoisotopic (exact) mass is 464 g/mol. The first-order chi connectivity index (χ1) is 15.0. The van der Waals surface area contributed by atoms with Gasteiger partial charge in [-0.2, -0.15) is 18.0 Å². The summed E-state index contributed by atoms with van der Waals surface area (Å²) >= 11 is 0.993. The summed E-state index contributed by atoms with van der Waals surface area (Å²) < 4.78 is 41.0. The fraction of sp³-hybridized carbons (Fsp3) is 0.526. The van der Waals surface area contributed by atoms with Gasteiger partial charge in [0.25, 0.3) is 0 Å². The van der Waals surface area contributed by atoms with Crippen molar-refractivity contribution in [3.05, 3.63) is 29.9 Å². The maximum atomic E-state index is 13.1. The van der Waals surface area contributed by atoms with Crippen LogP contribution in [0.5, 0.6) is 0 Å². The highest BCUT2D eigenvalue weighted by molar-refractivity contribution is 7.89. The molecule has 0 bridgehead atoms. The Hall–Kier alpha value is -2.44. The van der Waals surface area contributed by atoms with E-state index in [0.717, 1.165) is 24.6 Å². The Morgan fingerprint density at radius 1 is 1.16 bits per heavy atom. The largest absolute Gasteiger partial charge is 0.340 e. The third-order valence-electron chi connectivity index (χ3n) is 5.22. The molecule has 0 unspecified atom stereocenters. The van der Waals surface area contributed by atoms with Crippen LogP contribution in [0, 0.1) is 0 Å². The maximum Gasteiger partial charge on any atom is 0.245 e. The molecule has 0 atom stereocenters. The van der Waals surface area contributed by atoms with E-state index < -0.39 is 10.0 Å². The number of carbonyl (C=O) groups is 1. The molecule has 31 heavy (non-hydrogen) atoms. The molecule has 0 spiro atoms. The summed E-state index contributed by atoms with van der Waals surface area (Å²) in [6.45, 7) is 3.30. The Bertz CT molecular complexity index is 1150. The molecule has 0 N–H and O–H groups in total. The lowest BCUT2D eigenvalue weighted by Crippen LogP contribution is -2.50. The lowest BCUT2D eigenvalue weighted by atomic mass is 10.2. The number of carbonyl (C=O) groups excluding carboxylic acids is 1. The number of fused-ring (bicyclic) bond motifs is 1. The van der Waals surface area contributed by atoms with Crippen LogP contribution in [0.2, 0.25) is 0 Å². The zero-order valence-corrected chi connectivity index (χ0v) is 18.9. The molecule has 166 valence electrons. The van der Waals surface area contributed by atoms with Crippen LogP contribution in [-0.4, -0.2) is 68.6 Å². The van der Waals surface area contributed by atoms with Crippen LogP contribution >= 0.6 is 11.7 Å². The first-order valence-corrected chi connectivity index (χ1v) is 12.5. The molecule has 1 aromatic carbocycles. The van der Waals surface area contributed by atoms with E-state index in [1.807, 2.05) is 0 Å². The van der Waals surface area contributed by atoms with Crippen molar-refractivity contribution < 1.29 is 17.7 Å². The molecular weight excluding hydrogens is 440 g/mol. The van der Waals surface area contributed by atoms with E-state index in [1.54, 1.807) is 23.1 Å². The summed E-state index contributed by atoms with van der Waals surface area (Å²) in [5, 5.41) is 3.91. The van der Waals surface area contributed by atoms with Gasteiger partial charge in [0.1, 0.15) is 15.9 Å². The number of sulfonamides is 1. The van der Waals surface area contributed by atoms with Crippen molar-refractivity contribution in [1.29, 1.82) is 0 Å². The van der Waals surface area contributed by atoms with Crippen LogP contribution in [0.4, 0.5) is 0 Å². The number of amides is 1. The third kappa shape index (κ3) is 4.75. The van der Waals surface area contributed by atoms with E-state index in [9.17, 15) is 13.2 Å². The topological polar surface area (TPSA) is 122 Å². The number of aryl methyl sites for hydroxylation is 2. The highest BCUT2D eigenvalue weighted by atomic mass is 32.2. The average molecular weight is 465 g/mol. The minimum absolute atomic E-state index is 0.0103. The number of hydrogen-bond acceptors (Lipinski definition) is 9. The lowest BCUT2D eigenvalue weighted by Gasteiger charge is -2.34. The summed E-state index contributed by atoms with van der Waals surface area (Å²) in [5.41, 5.74) is 0.970. The fourth-order valence-corrected chi connectivity index (χ4v) is 5.75. The highest BCUT2D eigenvalue weighted by Crippen LogP contribution is 2.25. The van der Waals surface area contributed by atoms with Crippen LogP contribution in [0.15, 0.2) is 27.6 Å². The van der Waals surface area contributed by atoms with Crippen LogP contribution in [0.25, 0.3) is 11.0 Å². The Morgan fingerprint density at radius 2 is 1.97 bits per heavy atom. The Morgan fingerprint density at radius 3 is 2.74 bits per heavy atom. The Kier molecular flexibility index (Phi) is 6.58. The van der Waals surface area contributed by atoms with Crippen molar-refractivity contribution in [2.24, 2.45) is 0 Å². The van der Waals surface area contributed by atoms with Crippen LogP contribution in [0.1, 0.15) is 37.9 Å². The quantitative estimate of drug-likeness (QED) is 0.495. The van der Waals surface area contributed by atoms with Crippen molar-refractivity contribution in [1.82, 2.24) is 28.1 Å². The van der Waals surface area contributed by atoms with Gasteiger partial charge in [0, 0.05) is 45.4 Å². The van der Waals surface area contributed by atoms with Crippen LogP contribution in [-0.2, 0) is 27.7 Å². The van der Waals surface area contributed by atoms with Gasteiger partial charge in [-0.05, 0) is 25.0 Å². The van der Waals surface area contributed by atoms with Gasteiger partial charge in [-0.15, -0.1) is 0 Å². The van der Waals surface area contributed by atoms with Gasteiger partial charge in [-0.25, -0.2) is 8.42 Å². The number of nitrogens with zero attached hydrogens (tertiary/aromatic N) is 6. The second kappa shape index (κ2) is 9.37. The first-order valence-electron chi connectivity index (χ1n) is 10.3. The van der Waals surface area contributed by atoms with Crippen molar-refractivity contribution in [3.8, 4) is 0 Å². The summed E-state index contributed by atoms with van der Waals surface area (Å²) in [7, 11) is -3.69. The van der Waals surface area contributed by atoms with E-state index in [1.165, 1.54) is 4.31 Å². The van der Waals surface area contributed by atoms with Gasteiger partial charge in [-0.3, -0.25) is 4.79 Å². The van der Waals surface area contributed by atoms with Crippen molar-refractivity contribution in [2.75, 3.05) is 26.2 Å². The molecule has 1 amide bonds. The predicted octanol–water partition coefficient (Wildman–Crippen LogP) is 1.88. The van der Waals surface area contributed by atoms with Gasteiger partial charge in [0.2, 0.25) is 21.8 Å². The zero-order valence-electron chi connectivity index (χ0n) is 17.2. The second-order valence-corrected chi connectivity index (χ2v) is 9.82. The summed E-state index contributed by atoms with van der Waals surface area (Å²) in [6.07, 6.45) is 3.27. The molecule has 10 nitrogen and oxygen atoms in total. The van der Waals surface area contributed by atoms with Crippen LogP contribution in [0.3, 0.4) is 0 Å². The Labute approximate surface area is 184 Å². The summed E-state index contributed by atoms with van der Waals surface area (Å²) in [5.74, 6) is 1.26. The second-order valence-electron chi connectivity index (χ2n) is 7.38. The van der Waals surface area contributed by atoms with Crippen molar-refractivity contribution in [3.63, 3.8) is 0 Å². The molecule has 0 saturated carbocycles. The molecule has 1 aliphatic rings. The normalized spacial score (nSPS) is 15.6. The highest BCUT2D eigenvalue weighted by Gasteiger charge is 2.31. The molecule has 1 aliphatic heterocycles. The predicted molar refractivity (Wildman–Crippen MR) is 114 cm³/mol. The van der Waals surface area contributed by atoms with Crippen LogP contribution < -0.4 is 0 Å². The smallest absolute Gasteiger partial charge is 0.245 e. The number of aromatic nitrogens is 4. The lowest BCUT2D eigenvalue weighted by molar-refractivity contribution is -0.132. The number of benzene rings is 1. The minimum Gasteiger partial charge on any atom is -0.340 e. The SMILES string of the molecule is CCCc1noc(CCCC(=O)N2CCN(S(=O)(=O)c3cccc4nsnc34)CC2)n1. The Balaban J connectivity index is 1.29. The number of piperazine rings is 1. The molecule has 2 aromatic heterocycles. The number of rotatable bonds is 8. The van der Waals surface area contributed by atoms with Gasteiger partial charge in [0.15, 0.2) is 5.82 Å². The molecule has 3 aromatic rings. The molecule has 1 saturated heterocycles. The number of hydrogen-bond donors (Lipinski definition) is 0. The maximum absolute atomic E-state index is 13.1. The van der Waals surface area contributed by atoms with Gasteiger partial charge < -0.3 is 9.42 Å². The van der Waals surface area contributed by atoms with E-state index in [-0.39, 0.29) is 23.9 Å². The van der Waals surface area contributed by atoms with Gasteiger partial charge in [-0.1, -0.05) is 18.1 Å². The molecule has 3 heterocycles. The average Bonchev–Trinajstić information content (AvgIpc) is 3.43. The third-order valence-corrected chi connectivity index (χ3v) is 7.70. The zero-order chi connectivity index (χ0) is 21.8. The first kappa shape index (κ1) is 21.8. The van der Waals surface area contributed by atoms with Crippen molar-refractivity contribution in [2.45, 2.75) is 43.9 Å². The van der Waals surface area contributed by atoms with E-state index >= 15 is 0 Å². The van der Waals surface area contributed by atoms with E-state index in [2.05, 4.69) is 25.8 Å². The van der Waals surface area contributed by atoms with Gasteiger partial charge >= 0.3 is 0 Å². The minimum atomic E-state index is -3.69. The summed E-state index contributed by atoms with van der Waals surface area (Å²) in [4.78, 5) is 18.7. The van der Waals surface area contributed by atoms with E-state index in [0.29, 0.717) is 55.1 Å². The van der Waals surface area contributed by atoms with Crippen molar-refractivity contribution >= 4 is 38.7 Å². The summed E-state index contributed by atoms with van der Waals surface area (Å²) in [6, 6.07) is 4.97. The standard InChI is InChI=1S/C19H24N6O4S2/c1-2-5-16-20-17(29-21-16)8-4-9-18(26)24-10-12-25(13-11-24)31(27,28)15-7-3-6-14-19(15)23-30-22-14/h3,6-7H,2,4-5,8-13H2,1H3. The van der Waals surface area contributed by atoms with Gasteiger partial charge in [0.05, 0.1) is 11.7 Å². The molecule has 12 heteroatoms. The fourth-order valence-electron chi connectivity index (χ4n) is 3.57. The molecule has 0 aliphatic carbocycles. The molecule has 0 radical (unpaired) electrons.